The van der Waals surface area contributed by atoms with Crippen LogP contribution in [0.5, 0.6) is 0 Å². The van der Waals surface area contributed by atoms with Crippen LogP contribution in [0.2, 0.25) is 5.15 Å². The molecular formula is C21H24ClN5O2. The summed E-state index contributed by atoms with van der Waals surface area (Å²) in [5.74, 6) is -0.118. The average Bonchev–Trinajstić information content (AvgIpc) is 3.06. The number of amides is 2. The fourth-order valence-corrected chi connectivity index (χ4v) is 4.30. The van der Waals surface area contributed by atoms with Gasteiger partial charge in [-0.2, -0.15) is 0 Å². The molecule has 2 amide bonds. The molecule has 152 valence electrons. The van der Waals surface area contributed by atoms with Gasteiger partial charge in [-0.3, -0.25) is 9.59 Å². The van der Waals surface area contributed by atoms with E-state index in [-0.39, 0.29) is 11.8 Å². The number of rotatable bonds is 5. The molecule has 29 heavy (non-hydrogen) atoms. The number of hydrogen-bond acceptors (Lipinski definition) is 5. The van der Waals surface area contributed by atoms with E-state index in [4.69, 9.17) is 11.6 Å². The Balaban J connectivity index is 1.31. The van der Waals surface area contributed by atoms with E-state index in [0.29, 0.717) is 24.1 Å². The summed E-state index contributed by atoms with van der Waals surface area (Å²) >= 11 is 5.84. The van der Waals surface area contributed by atoms with E-state index in [1.54, 1.807) is 18.2 Å². The predicted molar refractivity (Wildman–Crippen MR) is 112 cm³/mol. The minimum atomic E-state index is -0.480. The normalized spacial score (nSPS) is 18.7. The highest BCUT2D eigenvalue weighted by Crippen LogP contribution is 2.35. The lowest BCUT2D eigenvalue weighted by Gasteiger charge is -2.43. The highest BCUT2D eigenvalue weighted by atomic mass is 35.5. The Labute approximate surface area is 175 Å². The van der Waals surface area contributed by atoms with Gasteiger partial charge in [0, 0.05) is 31.9 Å². The van der Waals surface area contributed by atoms with Gasteiger partial charge in [0.1, 0.15) is 16.4 Å². The maximum absolute atomic E-state index is 12.7. The van der Waals surface area contributed by atoms with E-state index in [2.05, 4.69) is 25.4 Å². The van der Waals surface area contributed by atoms with Crippen molar-refractivity contribution in [3.8, 4) is 0 Å². The van der Waals surface area contributed by atoms with E-state index in [1.807, 2.05) is 30.3 Å². The van der Waals surface area contributed by atoms with E-state index in [0.717, 1.165) is 38.2 Å². The van der Waals surface area contributed by atoms with Gasteiger partial charge in [0.2, 0.25) is 5.91 Å². The average molecular weight is 414 g/mol. The molecule has 4 rings (SSSR count). The van der Waals surface area contributed by atoms with Gasteiger partial charge >= 0.3 is 0 Å². The molecule has 2 aliphatic heterocycles. The Kier molecular flexibility index (Phi) is 5.69. The van der Waals surface area contributed by atoms with Gasteiger partial charge in [-0.15, -0.1) is 0 Å². The molecule has 2 saturated heterocycles. The summed E-state index contributed by atoms with van der Waals surface area (Å²) in [5, 5.41) is 6.21. The molecule has 2 aliphatic rings. The first-order valence-corrected chi connectivity index (χ1v) is 10.2. The highest BCUT2D eigenvalue weighted by molar-refractivity contribution is 6.29. The van der Waals surface area contributed by atoms with Crippen LogP contribution in [-0.2, 0) is 4.79 Å². The minimum Gasteiger partial charge on any atom is -0.349 e. The van der Waals surface area contributed by atoms with Crippen LogP contribution in [0.25, 0.3) is 0 Å². The third kappa shape index (κ3) is 4.06. The first kappa shape index (κ1) is 19.7. The van der Waals surface area contributed by atoms with Crippen LogP contribution in [0, 0.1) is 0 Å². The van der Waals surface area contributed by atoms with Crippen LogP contribution >= 0.6 is 11.6 Å². The van der Waals surface area contributed by atoms with Crippen molar-refractivity contribution < 1.29 is 9.59 Å². The van der Waals surface area contributed by atoms with E-state index in [1.165, 1.54) is 0 Å². The molecule has 2 N–H and O–H groups in total. The maximum atomic E-state index is 12.7. The summed E-state index contributed by atoms with van der Waals surface area (Å²) in [7, 11) is 0. The lowest BCUT2D eigenvalue weighted by atomic mass is 9.85. The number of para-hydroxylation sites is 1. The summed E-state index contributed by atoms with van der Waals surface area (Å²) in [4.78, 5) is 33.4. The Morgan fingerprint density at radius 3 is 2.62 bits per heavy atom. The first-order chi connectivity index (χ1) is 14.1. The van der Waals surface area contributed by atoms with Crippen molar-refractivity contribution in [1.82, 2.24) is 20.5 Å². The number of benzene rings is 1. The molecule has 3 heterocycles. The fraction of sp³-hybridized carbons (Fsp3) is 0.381. The van der Waals surface area contributed by atoms with E-state index >= 15 is 0 Å². The monoisotopic (exact) mass is 413 g/mol. The first-order valence-electron chi connectivity index (χ1n) is 9.83. The lowest BCUT2D eigenvalue weighted by Crippen LogP contribution is -2.57. The largest absolute Gasteiger partial charge is 0.349 e. The van der Waals surface area contributed by atoms with Crippen LogP contribution < -0.4 is 15.5 Å². The highest BCUT2D eigenvalue weighted by Gasteiger charge is 2.50. The smallest absolute Gasteiger partial charge is 0.269 e. The topological polar surface area (TPSA) is 77.6 Å². The number of aromatic nitrogens is 1. The zero-order valence-corrected chi connectivity index (χ0v) is 16.9. The molecule has 1 aromatic carbocycles. The van der Waals surface area contributed by atoms with Crippen LogP contribution in [0.3, 0.4) is 0 Å². The number of nitrogens with zero attached hydrogens (tertiary/aromatic N) is 3. The summed E-state index contributed by atoms with van der Waals surface area (Å²) in [6.07, 6.45) is 1.52. The second kappa shape index (κ2) is 8.39. The van der Waals surface area contributed by atoms with Crippen LogP contribution in [0.1, 0.15) is 23.3 Å². The number of nitrogens with one attached hydrogen (secondary N) is 2. The van der Waals surface area contributed by atoms with Crippen molar-refractivity contribution in [2.75, 3.05) is 37.7 Å². The van der Waals surface area contributed by atoms with Crippen molar-refractivity contribution in [2.24, 2.45) is 0 Å². The van der Waals surface area contributed by atoms with Crippen molar-refractivity contribution >= 4 is 29.1 Å². The Morgan fingerprint density at radius 2 is 1.90 bits per heavy atom. The van der Waals surface area contributed by atoms with E-state index < -0.39 is 5.54 Å². The second-order valence-corrected chi connectivity index (χ2v) is 7.79. The van der Waals surface area contributed by atoms with Gasteiger partial charge in [-0.05, 0) is 37.1 Å². The van der Waals surface area contributed by atoms with Crippen molar-refractivity contribution in [2.45, 2.75) is 18.4 Å². The summed E-state index contributed by atoms with van der Waals surface area (Å²) in [5.41, 5.74) is 0.906. The quantitative estimate of drug-likeness (QED) is 0.732. The molecule has 2 fully saturated rings. The zero-order valence-electron chi connectivity index (χ0n) is 16.1. The molecule has 0 unspecified atom stereocenters. The van der Waals surface area contributed by atoms with Crippen molar-refractivity contribution in [1.29, 1.82) is 0 Å². The number of carbonyl (C=O) groups is 2. The lowest BCUT2D eigenvalue weighted by molar-refractivity contribution is -0.125. The number of anilines is 1. The summed E-state index contributed by atoms with van der Waals surface area (Å²) < 4.78 is 0. The Hall–Kier alpha value is -2.64. The molecule has 1 aromatic heterocycles. The molecule has 8 heteroatoms. The molecule has 0 radical (unpaired) electrons. The predicted octanol–water partition coefficient (Wildman–Crippen LogP) is 1.89. The summed E-state index contributed by atoms with van der Waals surface area (Å²) in [6.45, 7) is 3.42. The van der Waals surface area contributed by atoms with Crippen LogP contribution in [0.4, 0.5) is 5.69 Å². The fourth-order valence-electron chi connectivity index (χ4n) is 4.13. The SMILES string of the molecule is O=C(NCCN1CCC2(CC1)C(=O)NCN2c1ccccc1)c1cccc(Cl)n1. The van der Waals surface area contributed by atoms with Gasteiger partial charge in [0.05, 0.1) is 6.67 Å². The number of halogens is 1. The van der Waals surface area contributed by atoms with E-state index in [9.17, 15) is 9.59 Å². The van der Waals surface area contributed by atoms with Gasteiger partial charge < -0.3 is 20.4 Å². The zero-order chi connectivity index (χ0) is 20.3. The third-order valence-corrected chi connectivity index (χ3v) is 5.96. The van der Waals surface area contributed by atoms with Gasteiger partial charge in [-0.25, -0.2) is 4.98 Å². The molecule has 0 saturated carbocycles. The van der Waals surface area contributed by atoms with Gasteiger partial charge in [0.25, 0.3) is 5.91 Å². The molecular weight excluding hydrogens is 390 g/mol. The Morgan fingerprint density at radius 1 is 1.14 bits per heavy atom. The number of piperidine rings is 1. The minimum absolute atomic E-state index is 0.112. The van der Waals surface area contributed by atoms with Crippen molar-refractivity contribution in [3.63, 3.8) is 0 Å². The standard InChI is InChI=1S/C21H24ClN5O2/c22-18-8-4-7-17(25-18)19(28)23-11-14-26-12-9-21(10-13-26)20(29)24-15-27(21)16-5-2-1-3-6-16/h1-8H,9-15H2,(H,23,28)(H,24,29). The van der Waals surface area contributed by atoms with Crippen LogP contribution in [-0.4, -0.2) is 60.1 Å². The number of carbonyl (C=O) groups excluding carboxylic acids is 2. The molecule has 0 atom stereocenters. The maximum Gasteiger partial charge on any atom is 0.269 e. The molecule has 1 spiro atoms. The molecule has 0 bridgehead atoms. The van der Waals surface area contributed by atoms with Crippen molar-refractivity contribution in [3.05, 3.63) is 59.4 Å². The number of pyridine rings is 1. The third-order valence-electron chi connectivity index (χ3n) is 5.75. The number of likely N-dealkylation sites (tertiary alicyclic amines) is 1. The van der Waals surface area contributed by atoms with Gasteiger partial charge in [-0.1, -0.05) is 35.9 Å². The van der Waals surface area contributed by atoms with Crippen LogP contribution in [0.15, 0.2) is 48.5 Å². The summed E-state index contributed by atoms with van der Waals surface area (Å²) in [6, 6.07) is 15.1. The number of hydrogen-bond donors (Lipinski definition) is 2. The second-order valence-electron chi connectivity index (χ2n) is 7.40. The molecule has 2 aromatic rings. The molecule has 0 aliphatic carbocycles. The molecule has 7 nitrogen and oxygen atoms in total. The Bertz CT molecular complexity index is 884. The van der Waals surface area contributed by atoms with Gasteiger partial charge in [0.15, 0.2) is 0 Å².